The summed E-state index contributed by atoms with van der Waals surface area (Å²) in [6.45, 7) is 4.54. The molecule has 32 heavy (non-hydrogen) atoms. The van der Waals surface area contributed by atoms with Gasteiger partial charge in [-0.1, -0.05) is 24.3 Å². The zero-order valence-electron chi connectivity index (χ0n) is 18.2. The van der Waals surface area contributed by atoms with E-state index in [4.69, 9.17) is 14.7 Å². The predicted octanol–water partition coefficient (Wildman–Crippen LogP) is 2.31. The van der Waals surface area contributed by atoms with Gasteiger partial charge in [-0.15, -0.1) is 0 Å². The van der Waals surface area contributed by atoms with Crippen molar-refractivity contribution in [3.63, 3.8) is 0 Å². The van der Waals surface area contributed by atoms with Crippen LogP contribution < -0.4 is 10.4 Å². The topological polar surface area (TPSA) is 94.5 Å². The van der Waals surface area contributed by atoms with Gasteiger partial charge in [0.1, 0.15) is 0 Å². The van der Waals surface area contributed by atoms with Gasteiger partial charge in [-0.2, -0.15) is 0 Å². The largest absolute Gasteiger partial charge is 0.381 e. The van der Waals surface area contributed by atoms with Gasteiger partial charge in [-0.25, -0.2) is 5.48 Å². The van der Waals surface area contributed by atoms with Gasteiger partial charge in [0.25, 0.3) is 5.91 Å². The number of nitrogens with zero attached hydrogens (tertiary/aromatic N) is 2. The Morgan fingerprint density at radius 3 is 2.44 bits per heavy atom. The number of ether oxygens (including phenoxy) is 2. The zero-order valence-corrected chi connectivity index (χ0v) is 18.2. The third-order valence-electron chi connectivity index (χ3n) is 6.22. The summed E-state index contributed by atoms with van der Waals surface area (Å²) in [6, 6.07) is 15.4. The van der Waals surface area contributed by atoms with Crippen LogP contribution in [0.5, 0.6) is 0 Å². The van der Waals surface area contributed by atoms with Crippen molar-refractivity contribution in [3.8, 4) is 0 Å². The van der Waals surface area contributed by atoms with Gasteiger partial charge in [0, 0.05) is 44.1 Å². The lowest BCUT2D eigenvalue weighted by Gasteiger charge is -2.39. The number of rotatable bonds is 7. The summed E-state index contributed by atoms with van der Waals surface area (Å²) in [5.41, 5.74) is 5.18. The van der Waals surface area contributed by atoms with Crippen molar-refractivity contribution in [2.45, 2.75) is 31.7 Å². The maximum absolute atomic E-state index is 11.6. The average Bonchev–Trinajstić information content (AvgIpc) is 2.88. The molecule has 8 heteroatoms. The van der Waals surface area contributed by atoms with Crippen LogP contribution in [0.2, 0.25) is 0 Å². The normalized spacial score (nSPS) is 18.8. The highest BCUT2D eigenvalue weighted by Crippen LogP contribution is 2.31. The Bertz CT molecular complexity index is 879. The second-order valence-electron chi connectivity index (χ2n) is 8.24. The molecule has 2 fully saturated rings. The lowest BCUT2D eigenvalue weighted by atomic mass is 9.91. The van der Waals surface area contributed by atoms with E-state index >= 15 is 0 Å². The Hall–Kier alpha value is -2.49. The molecule has 0 spiro atoms. The van der Waals surface area contributed by atoms with Crippen LogP contribution in [0.4, 0.5) is 5.69 Å². The van der Waals surface area contributed by atoms with E-state index in [9.17, 15) is 9.90 Å². The van der Waals surface area contributed by atoms with E-state index in [0.717, 1.165) is 37.3 Å². The van der Waals surface area contributed by atoms with Crippen LogP contribution in [0.25, 0.3) is 0 Å². The number of carbonyl (C=O) groups excluding carboxylic acids is 1. The molecule has 8 nitrogen and oxygen atoms in total. The number of hydrogen-bond donors (Lipinski definition) is 3. The number of hydrogen-bond acceptors (Lipinski definition) is 7. The van der Waals surface area contributed by atoms with Gasteiger partial charge in [-0.3, -0.25) is 14.9 Å². The monoisotopic (exact) mass is 441 g/mol. The molecule has 0 radical (unpaired) electrons. The Balaban J connectivity index is 1.59. The minimum atomic E-state index is -0.802. The minimum Gasteiger partial charge on any atom is -0.381 e. The van der Waals surface area contributed by atoms with E-state index in [2.05, 4.69) is 12.1 Å². The Morgan fingerprint density at radius 2 is 1.75 bits per heavy atom. The van der Waals surface area contributed by atoms with E-state index < -0.39 is 12.3 Å². The fourth-order valence-corrected chi connectivity index (χ4v) is 4.32. The molecule has 1 atom stereocenters. The van der Waals surface area contributed by atoms with Crippen molar-refractivity contribution in [2.75, 3.05) is 44.4 Å². The van der Waals surface area contributed by atoms with Crippen LogP contribution in [0.3, 0.4) is 0 Å². The fraction of sp³-hybridized carbons (Fsp3) is 0.458. The molecule has 0 saturated carbocycles. The van der Waals surface area contributed by atoms with Gasteiger partial charge < -0.3 is 19.5 Å². The Morgan fingerprint density at radius 1 is 1.06 bits per heavy atom. The summed E-state index contributed by atoms with van der Waals surface area (Å²) < 4.78 is 11.0. The number of nitrogens with one attached hydrogen (secondary N) is 1. The fourth-order valence-electron chi connectivity index (χ4n) is 4.32. The zero-order chi connectivity index (χ0) is 22.3. The second-order valence-corrected chi connectivity index (χ2v) is 8.24. The Labute approximate surface area is 188 Å². The molecule has 1 amide bonds. The molecule has 2 aliphatic heterocycles. The third-order valence-corrected chi connectivity index (χ3v) is 6.22. The molecular weight excluding hydrogens is 410 g/mol. The predicted molar refractivity (Wildman–Crippen MR) is 120 cm³/mol. The third kappa shape index (κ3) is 5.46. The van der Waals surface area contributed by atoms with Gasteiger partial charge in [0.2, 0.25) is 0 Å². The van der Waals surface area contributed by atoms with Crippen molar-refractivity contribution in [1.82, 2.24) is 10.4 Å². The molecule has 172 valence electrons. The molecule has 2 heterocycles. The van der Waals surface area contributed by atoms with Gasteiger partial charge in [-0.05, 0) is 54.2 Å². The van der Waals surface area contributed by atoms with Crippen LogP contribution in [-0.2, 0) is 16.0 Å². The quantitative estimate of drug-likeness (QED) is 0.345. The summed E-state index contributed by atoms with van der Waals surface area (Å²) in [6.07, 6.45) is 1.21. The molecule has 3 N–H and O–H groups in total. The smallest absolute Gasteiger partial charge is 0.274 e. The first-order valence-electron chi connectivity index (χ1n) is 11.1. The highest BCUT2D eigenvalue weighted by atomic mass is 16.5. The number of hydroxylamine groups is 1. The first-order valence-corrected chi connectivity index (χ1v) is 11.1. The highest BCUT2D eigenvalue weighted by Gasteiger charge is 2.26. The number of anilines is 1. The minimum absolute atomic E-state index is 0.373. The highest BCUT2D eigenvalue weighted by molar-refractivity contribution is 5.93. The molecular formula is C24H31N3O5. The maximum atomic E-state index is 11.6. The lowest BCUT2D eigenvalue weighted by Crippen LogP contribution is -2.52. The molecule has 4 rings (SSSR count). The standard InChI is InChI=1S/C24H31N3O5/c28-23(25-30)20-6-4-18(5-7-20)17-27(24(29)26-10-14-32-15-11-26)22-3-1-2-21(16-22)19-8-12-31-13-9-19/h1-7,16,19,24,29-30H,8-15,17H2,(H,25,28). The molecule has 0 aliphatic carbocycles. The van der Waals surface area contributed by atoms with Crippen molar-refractivity contribution in [2.24, 2.45) is 0 Å². The molecule has 0 bridgehead atoms. The first kappa shape index (κ1) is 22.7. The SMILES string of the molecule is O=C(NO)c1ccc(CN(c2cccc(C3CCOCC3)c2)C(O)N2CCOCC2)cc1. The molecule has 2 saturated heterocycles. The number of benzene rings is 2. The maximum Gasteiger partial charge on any atom is 0.274 e. The van der Waals surface area contributed by atoms with E-state index in [1.165, 1.54) is 5.56 Å². The lowest BCUT2D eigenvalue weighted by molar-refractivity contribution is -0.0597. The van der Waals surface area contributed by atoms with Crippen molar-refractivity contribution >= 4 is 11.6 Å². The van der Waals surface area contributed by atoms with Crippen molar-refractivity contribution in [1.29, 1.82) is 0 Å². The number of aliphatic hydroxyl groups is 1. The molecule has 2 aromatic rings. The second kappa shape index (κ2) is 10.9. The van der Waals surface area contributed by atoms with Crippen molar-refractivity contribution in [3.05, 3.63) is 65.2 Å². The van der Waals surface area contributed by atoms with Gasteiger partial charge in [0.05, 0.1) is 13.2 Å². The summed E-state index contributed by atoms with van der Waals surface area (Å²) in [5, 5.41) is 20.1. The average molecular weight is 442 g/mol. The van der Waals surface area contributed by atoms with Crippen LogP contribution in [0, 0.1) is 0 Å². The first-order chi connectivity index (χ1) is 15.7. The van der Waals surface area contributed by atoms with E-state index in [1.807, 2.05) is 34.1 Å². The molecule has 1 unspecified atom stereocenters. The van der Waals surface area contributed by atoms with Crippen molar-refractivity contribution < 1.29 is 24.6 Å². The molecule has 0 aromatic heterocycles. The summed E-state index contributed by atoms with van der Waals surface area (Å²) in [5.74, 6) is -0.0896. The number of aliphatic hydroxyl groups excluding tert-OH is 1. The summed E-state index contributed by atoms with van der Waals surface area (Å²) in [7, 11) is 0. The van der Waals surface area contributed by atoms with Crippen LogP contribution >= 0.6 is 0 Å². The van der Waals surface area contributed by atoms with Crippen LogP contribution in [0.15, 0.2) is 48.5 Å². The van der Waals surface area contributed by atoms with E-state index in [0.29, 0.717) is 44.3 Å². The Kier molecular flexibility index (Phi) is 7.72. The van der Waals surface area contributed by atoms with Crippen LogP contribution in [0.1, 0.15) is 40.2 Å². The number of morpholine rings is 1. The van der Waals surface area contributed by atoms with Gasteiger partial charge >= 0.3 is 0 Å². The summed E-state index contributed by atoms with van der Waals surface area (Å²) >= 11 is 0. The number of carbonyl (C=O) groups is 1. The van der Waals surface area contributed by atoms with Crippen LogP contribution in [-0.4, -0.2) is 67.0 Å². The van der Waals surface area contributed by atoms with Gasteiger partial charge in [0.15, 0.2) is 6.35 Å². The molecule has 2 aliphatic rings. The number of amides is 1. The molecule has 2 aromatic carbocycles. The summed E-state index contributed by atoms with van der Waals surface area (Å²) in [4.78, 5) is 15.6. The van der Waals surface area contributed by atoms with E-state index in [1.54, 1.807) is 17.6 Å². The van der Waals surface area contributed by atoms with E-state index in [-0.39, 0.29) is 0 Å².